The molecular formula is C19H19N3O2. The highest BCUT2D eigenvalue weighted by Gasteiger charge is 2.18. The Morgan fingerprint density at radius 3 is 2.46 bits per heavy atom. The molecule has 0 aliphatic heterocycles. The van der Waals surface area contributed by atoms with Crippen LogP contribution < -0.4 is 10.5 Å². The number of benzene rings is 2. The van der Waals surface area contributed by atoms with Crippen LogP contribution in [0.1, 0.15) is 17.0 Å². The summed E-state index contributed by atoms with van der Waals surface area (Å²) < 4.78 is 5.62. The summed E-state index contributed by atoms with van der Waals surface area (Å²) >= 11 is 0. The van der Waals surface area contributed by atoms with Crippen molar-refractivity contribution in [3.05, 3.63) is 78.1 Å². The normalized spacial score (nSPS) is 11.9. The maximum Gasteiger partial charge on any atom is 0.165 e. The molecule has 1 heterocycles. The number of nitrogens with zero attached hydrogens (tertiary/aromatic N) is 1. The van der Waals surface area contributed by atoms with Crippen molar-refractivity contribution >= 4 is 5.78 Å². The number of H-pyrrole nitrogens is 1. The minimum atomic E-state index is -0.270. The second-order valence-electron chi connectivity index (χ2n) is 5.52. The zero-order chi connectivity index (χ0) is 16.8. The van der Waals surface area contributed by atoms with Crippen LogP contribution in [0.2, 0.25) is 0 Å². The molecule has 0 bridgehead atoms. The van der Waals surface area contributed by atoms with Crippen LogP contribution in [-0.2, 0) is 11.2 Å². The molecule has 0 radical (unpaired) electrons. The quantitative estimate of drug-likeness (QED) is 0.701. The van der Waals surface area contributed by atoms with Gasteiger partial charge in [-0.2, -0.15) is 5.10 Å². The minimum Gasteiger partial charge on any atom is -0.454 e. The molecule has 0 fully saturated rings. The molecule has 1 unspecified atom stereocenters. The lowest BCUT2D eigenvalue weighted by atomic mass is 9.91. The molecule has 2 aromatic carbocycles. The van der Waals surface area contributed by atoms with Crippen molar-refractivity contribution < 1.29 is 9.53 Å². The van der Waals surface area contributed by atoms with Crippen LogP contribution in [0.25, 0.3) is 0 Å². The topological polar surface area (TPSA) is 81.0 Å². The van der Waals surface area contributed by atoms with Crippen molar-refractivity contribution in [2.45, 2.75) is 12.3 Å². The summed E-state index contributed by atoms with van der Waals surface area (Å²) in [6.45, 7) is 0.310. The Labute approximate surface area is 140 Å². The van der Waals surface area contributed by atoms with Gasteiger partial charge < -0.3 is 10.5 Å². The van der Waals surface area contributed by atoms with E-state index in [4.69, 9.17) is 10.5 Å². The fourth-order valence-electron chi connectivity index (χ4n) is 2.57. The second kappa shape index (κ2) is 7.57. The molecule has 5 nitrogen and oxygen atoms in total. The van der Waals surface area contributed by atoms with Gasteiger partial charge >= 0.3 is 0 Å². The SMILES string of the molecule is NCC(C(=O)Cc1ccc(Oc2cn[nH]c2)cc1)c1ccccc1. The maximum absolute atomic E-state index is 12.6. The summed E-state index contributed by atoms with van der Waals surface area (Å²) in [6.07, 6.45) is 3.62. The van der Waals surface area contributed by atoms with E-state index in [0.29, 0.717) is 24.5 Å². The van der Waals surface area contributed by atoms with Crippen molar-refractivity contribution in [3.8, 4) is 11.5 Å². The summed E-state index contributed by atoms with van der Waals surface area (Å²) in [6, 6.07) is 17.1. The van der Waals surface area contributed by atoms with Crippen molar-refractivity contribution in [1.29, 1.82) is 0 Å². The number of aromatic nitrogens is 2. The first-order valence-electron chi connectivity index (χ1n) is 7.79. The van der Waals surface area contributed by atoms with Crippen molar-refractivity contribution in [3.63, 3.8) is 0 Å². The summed E-state index contributed by atoms with van der Waals surface area (Å²) in [5.41, 5.74) is 7.71. The Balaban J connectivity index is 1.65. The number of hydrogen-bond acceptors (Lipinski definition) is 4. The molecule has 24 heavy (non-hydrogen) atoms. The molecule has 1 atom stereocenters. The summed E-state index contributed by atoms with van der Waals surface area (Å²) in [5, 5.41) is 6.52. The Bertz CT molecular complexity index is 768. The number of nitrogens with two attached hydrogens (primary N) is 1. The third kappa shape index (κ3) is 3.88. The van der Waals surface area contributed by atoms with Crippen LogP contribution in [0.5, 0.6) is 11.5 Å². The molecule has 0 aliphatic rings. The van der Waals surface area contributed by atoms with Gasteiger partial charge in [-0.3, -0.25) is 9.89 Å². The van der Waals surface area contributed by atoms with E-state index in [1.165, 1.54) is 0 Å². The molecule has 5 heteroatoms. The van der Waals surface area contributed by atoms with E-state index < -0.39 is 0 Å². The maximum atomic E-state index is 12.6. The molecule has 0 spiro atoms. The Hall–Kier alpha value is -2.92. The van der Waals surface area contributed by atoms with Crippen LogP contribution >= 0.6 is 0 Å². The first kappa shape index (κ1) is 16.0. The van der Waals surface area contributed by atoms with Crippen LogP contribution in [0, 0.1) is 0 Å². The van der Waals surface area contributed by atoms with E-state index in [1.807, 2.05) is 54.6 Å². The highest BCUT2D eigenvalue weighted by molar-refractivity contribution is 5.87. The summed E-state index contributed by atoms with van der Waals surface area (Å²) in [5.74, 6) is 1.19. The van der Waals surface area contributed by atoms with E-state index in [-0.39, 0.29) is 11.7 Å². The average molecular weight is 321 g/mol. The lowest BCUT2D eigenvalue weighted by Gasteiger charge is -2.14. The van der Waals surface area contributed by atoms with Crippen LogP contribution in [0.4, 0.5) is 0 Å². The van der Waals surface area contributed by atoms with E-state index in [9.17, 15) is 4.79 Å². The molecule has 3 rings (SSSR count). The van der Waals surface area contributed by atoms with E-state index >= 15 is 0 Å². The van der Waals surface area contributed by atoms with E-state index in [2.05, 4.69) is 10.2 Å². The van der Waals surface area contributed by atoms with Crippen LogP contribution in [0.3, 0.4) is 0 Å². The highest BCUT2D eigenvalue weighted by atomic mass is 16.5. The van der Waals surface area contributed by atoms with Gasteiger partial charge in [0.05, 0.1) is 18.3 Å². The van der Waals surface area contributed by atoms with Gasteiger partial charge in [0.15, 0.2) is 5.75 Å². The zero-order valence-corrected chi connectivity index (χ0v) is 13.2. The molecule has 0 aliphatic carbocycles. The van der Waals surface area contributed by atoms with Gasteiger partial charge in [0.1, 0.15) is 11.5 Å². The fourth-order valence-corrected chi connectivity index (χ4v) is 2.57. The molecule has 0 saturated carbocycles. The average Bonchev–Trinajstić information content (AvgIpc) is 3.11. The second-order valence-corrected chi connectivity index (χ2v) is 5.52. The van der Waals surface area contributed by atoms with Crippen molar-refractivity contribution in [2.75, 3.05) is 6.54 Å². The molecule has 122 valence electrons. The lowest BCUT2D eigenvalue weighted by molar-refractivity contribution is -0.119. The first-order chi connectivity index (χ1) is 11.8. The molecule has 0 saturated heterocycles. The Morgan fingerprint density at radius 1 is 1.08 bits per heavy atom. The largest absolute Gasteiger partial charge is 0.454 e. The van der Waals surface area contributed by atoms with Gasteiger partial charge in [-0.05, 0) is 23.3 Å². The first-order valence-corrected chi connectivity index (χ1v) is 7.79. The molecule has 3 N–H and O–H groups in total. The van der Waals surface area contributed by atoms with Crippen LogP contribution in [0.15, 0.2) is 67.0 Å². The van der Waals surface area contributed by atoms with E-state index in [1.54, 1.807) is 12.4 Å². The van der Waals surface area contributed by atoms with E-state index in [0.717, 1.165) is 11.1 Å². The van der Waals surface area contributed by atoms with Gasteiger partial charge in [0.2, 0.25) is 0 Å². The Morgan fingerprint density at radius 2 is 1.83 bits per heavy atom. The molecule has 0 amide bonds. The standard InChI is InChI=1S/C19H19N3O2/c20-11-18(15-4-2-1-3-5-15)19(23)10-14-6-8-16(9-7-14)24-17-12-21-22-13-17/h1-9,12-13,18H,10-11,20H2,(H,21,22). The number of Topliss-reactive ketones (excluding diaryl/α,β-unsaturated/α-hetero) is 1. The molecule has 1 aromatic heterocycles. The number of ketones is 1. The lowest BCUT2D eigenvalue weighted by Crippen LogP contribution is -2.23. The third-order valence-electron chi connectivity index (χ3n) is 3.84. The number of rotatable bonds is 7. The number of carbonyl (C=O) groups excluding carboxylic acids is 1. The number of hydrogen-bond donors (Lipinski definition) is 2. The predicted octanol–water partition coefficient (Wildman–Crippen LogP) is 3.06. The third-order valence-corrected chi connectivity index (χ3v) is 3.84. The highest BCUT2D eigenvalue weighted by Crippen LogP contribution is 2.22. The Kier molecular flexibility index (Phi) is 5.03. The number of ether oxygens (including phenoxy) is 1. The number of nitrogens with one attached hydrogen (secondary N) is 1. The van der Waals surface area contributed by atoms with Crippen LogP contribution in [-0.4, -0.2) is 22.5 Å². The number of carbonyl (C=O) groups is 1. The summed E-state index contributed by atoms with van der Waals surface area (Å²) in [4.78, 5) is 12.6. The van der Waals surface area contributed by atoms with Gasteiger partial charge in [0.25, 0.3) is 0 Å². The van der Waals surface area contributed by atoms with Gasteiger partial charge in [-0.25, -0.2) is 0 Å². The summed E-state index contributed by atoms with van der Waals surface area (Å²) in [7, 11) is 0. The van der Waals surface area contributed by atoms with Crippen molar-refractivity contribution in [2.24, 2.45) is 5.73 Å². The van der Waals surface area contributed by atoms with Gasteiger partial charge in [-0.15, -0.1) is 0 Å². The van der Waals surface area contributed by atoms with Crippen molar-refractivity contribution in [1.82, 2.24) is 10.2 Å². The zero-order valence-electron chi connectivity index (χ0n) is 13.2. The molecular weight excluding hydrogens is 302 g/mol. The smallest absolute Gasteiger partial charge is 0.165 e. The monoisotopic (exact) mass is 321 g/mol. The minimum absolute atomic E-state index is 0.118. The predicted molar refractivity (Wildman–Crippen MR) is 92.1 cm³/mol. The number of aromatic amines is 1. The van der Waals surface area contributed by atoms with Gasteiger partial charge in [-0.1, -0.05) is 42.5 Å². The fraction of sp³-hybridized carbons (Fsp3) is 0.158. The molecule has 3 aromatic rings. The van der Waals surface area contributed by atoms with Gasteiger partial charge in [0, 0.05) is 13.0 Å².